The number of hydrogen-bond acceptors (Lipinski definition) is 3. The van der Waals surface area contributed by atoms with Crippen molar-refractivity contribution in [3.63, 3.8) is 0 Å². The Hall–Kier alpha value is -0.850. The lowest BCUT2D eigenvalue weighted by Crippen LogP contribution is -2.25. The number of rotatable bonds is 3. The van der Waals surface area contributed by atoms with Gasteiger partial charge in [0.15, 0.2) is 0 Å². The number of carbonyl (C=O) groups excluding carboxylic acids is 1. The van der Waals surface area contributed by atoms with E-state index in [4.69, 9.17) is 23.2 Å². The lowest BCUT2D eigenvalue weighted by molar-refractivity contribution is -0.117. The van der Waals surface area contributed by atoms with E-state index < -0.39 is 21.9 Å². The van der Waals surface area contributed by atoms with E-state index in [1.165, 1.54) is 11.0 Å². The summed E-state index contributed by atoms with van der Waals surface area (Å²) in [5.74, 6) is -1.48. The quantitative estimate of drug-likeness (QED) is 0.803. The average Bonchev–Trinajstić information content (AvgIpc) is 2.54. The lowest BCUT2D eigenvalue weighted by Gasteiger charge is -2.17. The Labute approximate surface area is 120 Å². The summed E-state index contributed by atoms with van der Waals surface area (Å²) in [5.41, 5.74) is 0.487. The molecule has 0 radical (unpaired) electrons. The molecule has 0 aliphatic carbocycles. The molecule has 1 aromatic carbocycles. The van der Waals surface area contributed by atoms with Crippen LogP contribution < -0.4 is 4.90 Å². The number of amides is 1. The molecule has 1 unspecified atom stereocenters. The van der Waals surface area contributed by atoms with Crippen LogP contribution in [0, 0.1) is 5.92 Å². The van der Waals surface area contributed by atoms with Gasteiger partial charge in [-0.05, 0) is 18.2 Å². The van der Waals surface area contributed by atoms with Gasteiger partial charge in [-0.25, -0.2) is 0 Å². The van der Waals surface area contributed by atoms with E-state index in [1.807, 2.05) is 0 Å². The maximum absolute atomic E-state index is 12.6. The molecule has 0 saturated carbocycles. The SMILES string of the molecule is O=C1CC(CS(=O)(=O)F)CN1c1cc(Cl)cc(Cl)c1. The van der Waals surface area contributed by atoms with E-state index in [-0.39, 0.29) is 18.9 Å². The molecule has 1 atom stereocenters. The number of halogens is 3. The molecule has 4 nitrogen and oxygen atoms in total. The third-order valence-corrected chi connectivity index (χ3v) is 4.10. The van der Waals surface area contributed by atoms with Crippen molar-refractivity contribution in [2.24, 2.45) is 5.92 Å². The predicted octanol–water partition coefficient (Wildman–Crippen LogP) is 2.65. The van der Waals surface area contributed by atoms with Crippen molar-refractivity contribution < 1.29 is 17.1 Å². The fraction of sp³-hybridized carbons (Fsp3) is 0.364. The average molecular weight is 326 g/mol. The van der Waals surface area contributed by atoms with Crippen LogP contribution in [-0.4, -0.2) is 26.6 Å². The lowest BCUT2D eigenvalue weighted by atomic mass is 10.1. The van der Waals surface area contributed by atoms with Crippen molar-refractivity contribution in [2.45, 2.75) is 6.42 Å². The molecule has 8 heteroatoms. The molecule has 19 heavy (non-hydrogen) atoms. The molecule has 0 spiro atoms. The molecule has 104 valence electrons. The molecule has 0 aromatic heterocycles. The van der Waals surface area contributed by atoms with Gasteiger partial charge in [-0.2, -0.15) is 8.42 Å². The number of carbonyl (C=O) groups is 1. The van der Waals surface area contributed by atoms with Crippen LogP contribution in [0.25, 0.3) is 0 Å². The fourth-order valence-electron chi connectivity index (χ4n) is 2.12. The van der Waals surface area contributed by atoms with Crippen molar-refractivity contribution >= 4 is 45.0 Å². The van der Waals surface area contributed by atoms with E-state index in [0.29, 0.717) is 15.7 Å². The van der Waals surface area contributed by atoms with E-state index in [0.717, 1.165) is 0 Å². The molecule has 0 bridgehead atoms. The first-order chi connectivity index (χ1) is 8.74. The molecular weight excluding hydrogens is 316 g/mol. The molecule has 2 rings (SSSR count). The standard InChI is InChI=1S/C11H10Cl2FNO3S/c12-8-2-9(13)4-10(3-8)15-5-7(1-11(15)16)6-19(14,17)18/h2-4,7H,1,5-6H2. The van der Waals surface area contributed by atoms with Gasteiger partial charge in [0.1, 0.15) is 0 Å². The zero-order valence-electron chi connectivity index (χ0n) is 9.64. The second kappa shape index (κ2) is 5.26. The molecule has 1 aromatic rings. The second-order valence-corrected chi connectivity index (χ2v) is 6.69. The van der Waals surface area contributed by atoms with Crippen LogP contribution in [0.2, 0.25) is 10.0 Å². The summed E-state index contributed by atoms with van der Waals surface area (Å²) < 4.78 is 33.8. The van der Waals surface area contributed by atoms with Crippen molar-refractivity contribution in [1.82, 2.24) is 0 Å². The third kappa shape index (κ3) is 3.81. The van der Waals surface area contributed by atoms with Crippen LogP contribution in [0.15, 0.2) is 18.2 Å². The summed E-state index contributed by atoms with van der Waals surface area (Å²) in [6.45, 7) is 0.138. The van der Waals surface area contributed by atoms with Crippen LogP contribution >= 0.6 is 23.2 Å². The van der Waals surface area contributed by atoms with Crippen molar-refractivity contribution in [2.75, 3.05) is 17.2 Å². The molecule has 0 N–H and O–H groups in total. The van der Waals surface area contributed by atoms with E-state index >= 15 is 0 Å². The minimum atomic E-state index is -4.58. The maximum atomic E-state index is 12.6. The molecule has 1 aliphatic rings. The first kappa shape index (κ1) is 14.6. The number of nitrogens with zero attached hydrogens (tertiary/aromatic N) is 1. The van der Waals surface area contributed by atoms with Gasteiger partial charge in [0.25, 0.3) is 0 Å². The normalized spacial score (nSPS) is 20.1. The van der Waals surface area contributed by atoms with Gasteiger partial charge in [0.2, 0.25) is 5.91 Å². The summed E-state index contributed by atoms with van der Waals surface area (Å²) in [6, 6.07) is 4.63. The van der Waals surface area contributed by atoms with Gasteiger partial charge in [-0.1, -0.05) is 23.2 Å². The first-order valence-electron chi connectivity index (χ1n) is 5.43. The topological polar surface area (TPSA) is 54.5 Å². The van der Waals surface area contributed by atoms with Crippen molar-refractivity contribution in [3.8, 4) is 0 Å². The Morgan fingerprint density at radius 1 is 1.26 bits per heavy atom. The maximum Gasteiger partial charge on any atom is 0.302 e. The summed E-state index contributed by atoms with van der Waals surface area (Å²) in [7, 11) is -4.58. The molecule has 1 fully saturated rings. The highest BCUT2D eigenvalue weighted by atomic mass is 35.5. The second-order valence-electron chi connectivity index (χ2n) is 4.41. The molecule has 1 heterocycles. The highest BCUT2D eigenvalue weighted by Gasteiger charge is 2.33. The van der Waals surface area contributed by atoms with Crippen molar-refractivity contribution in [3.05, 3.63) is 28.2 Å². The number of hydrogen-bond donors (Lipinski definition) is 0. The van der Waals surface area contributed by atoms with Crippen LogP contribution in [0.4, 0.5) is 9.57 Å². The number of anilines is 1. The minimum absolute atomic E-state index is 0.00666. The van der Waals surface area contributed by atoms with Gasteiger partial charge in [0.05, 0.1) is 5.75 Å². The van der Waals surface area contributed by atoms with Gasteiger partial charge >= 0.3 is 10.2 Å². The van der Waals surface area contributed by atoms with E-state index in [2.05, 4.69) is 0 Å². The van der Waals surface area contributed by atoms with E-state index in [9.17, 15) is 17.1 Å². The third-order valence-electron chi connectivity index (χ3n) is 2.80. The Morgan fingerprint density at radius 2 is 1.84 bits per heavy atom. The zero-order valence-corrected chi connectivity index (χ0v) is 12.0. The highest BCUT2D eigenvalue weighted by Crippen LogP contribution is 2.30. The van der Waals surface area contributed by atoms with Crippen LogP contribution in [-0.2, 0) is 15.0 Å². The summed E-state index contributed by atoms with van der Waals surface area (Å²) in [4.78, 5) is 13.2. The van der Waals surface area contributed by atoms with Gasteiger partial charge in [-0.15, -0.1) is 3.89 Å². The summed E-state index contributed by atoms with van der Waals surface area (Å²) in [6.07, 6.45) is -0.00666. The van der Waals surface area contributed by atoms with Crippen LogP contribution in [0.5, 0.6) is 0 Å². The fourth-order valence-corrected chi connectivity index (χ4v) is 3.42. The largest absolute Gasteiger partial charge is 0.312 e. The monoisotopic (exact) mass is 325 g/mol. The van der Waals surface area contributed by atoms with Crippen LogP contribution in [0.1, 0.15) is 6.42 Å². The van der Waals surface area contributed by atoms with Crippen molar-refractivity contribution in [1.29, 1.82) is 0 Å². The van der Waals surface area contributed by atoms with E-state index in [1.54, 1.807) is 12.1 Å². The molecule has 1 amide bonds. The molecular formula is C11H10Cl2FNO3S. The smallest absolute Gasteiger partial charge is 0.302 e. The Balaban J connectivity index is 2.20. The van der Waals surface area contributed by atoms with Crippen LogP contribution in [0.3, 0.4) is 0 Å². The first-order valence-corrected chi connectivity index (χ1v) is 7.74. The molecule has 1 saturated heterocycles. The Kier molecular flexibility index (Phi) is 4.03. The summed E-state index contributed by atoms with van der Waals surface area (Å²) >= 11 is 11.7. The highest BCUT2D eigenvalue weighted by molar-refractivity contribution is 7.86. The summed E-state index contributed by atoms with van der Waals surface area (Å²) in [5, 5.41) is 0.744. The van der Waals surface area contributed by atoms with Gasteiger partial charge < -0.3 is 4.90 Å². The minimum Gasteiger partial charge on any atom is -0.312 e. The molecule has 1 aliphatic heterocycles. The zero-order chi connectivity index (χ0) is 14.2. The predicted molar refractivity (Wildman–Crippen MR) is 71.8 cm³/mol. The van der Waals surface area contributed by atoms with Gasteiger partial charge in [-0.3, -0.25) is 4.79 Å². The Morgan fingerprint density at radius 3 is 2.37 bits per heavy atom. The Bertz CT molecular complexity index is 600. The number of benzene rings is 1. The van der Waals surface area contributed by atoms with Gasteiger partial charge in [0, 0.05) is 34.6 Å².